The van der Waals surface area contributed by atoms with E-state index in [-0.39, 0.29) is 17.2 Å². The number of rotatable bonds is 6. The molecule has 1 heterocycles. The number of hydrogen-bond donors (Lipinski definition) is 1. The fourth-order valence-electron chi connectivity index (χ4n) is 4.11. The zero-order valence-electron chi connectivity index (χ0n) is 16.1. The Morgan fingerprint density at radius 3 is 2.36 bits per heavy atom. The van der Waals surface area contributed by atoms with Crippen molar-refractivity contribution < 1.29 is 4.79 Å². The molecule has 3 nitrogen and oxygen atoms in total. The lowest BCUT2D eigenvalue weighted by Gasteiger charge is -2.14. The molecule has 2 aliphatic rings. The first-order valence-electron chi connectivity index (χ1n) is 9.61. The summed E-state index contributed by atoms with van der Waals surface area (Å²) >= 11 is 0. The van der Waals surface area contributed by atoms with E-state index < -0.39 is 0 Å². The molecule has 2 unspecified atom stereocenters. The van der Waals surface area contributed by atoms with Gasteiger partial charge in [-0.2, -0.15) is 0 Å². The number of nitrogens with one attached hydrogen (secondary N) is 1. The number of amides is 1. The maximum Gasteiger partial charge on any atom is 0.224 e. The molecule has 0 spiro atoms. The molecule has 1 saturated carbocycles. The van der Waals surface area contributed by atoms with E-state index in [4.69, 9.17) is 0 Å². The first kappa shape index (κ1) is 18.2. The lowest BCUT2D eigenvalue weighted by molar-refractivity contribution is -0.123. The molecule has 1 aromatic carbocycles. The topological polar surface area (TPSA) is 32.3 Å². The summed E-state index contributed by atoms with van der Waals surface area (Å²) in [5, 5.41) is 3.13. The normalized spacial score (nSPS) is 24.8. The molecular formula is C22H32N2O. The molecule has 136 valence electrons. The molecule has 1 amide bonds. The van der Waals surface area contributed by atoms with Crippen LogP contribution in [0.1, 0.15) is 51.7 Å². The van der Waals surface area contributed by atoms with Crippen LogP contribution in [0.3, 0.4) is 0 Å². The second kappa shape index (κ2) is 7.33. The number of benzene rings is 1. The minimum absolute atomic E-state index is 0.0843. The fourth-order valence-corrected chi connectivity index (χ4v) is 4.11. The van der Waals surface area contributed by atoms with E-state index in [0.29, 0.717) is 12.5 Å². The van der Waals surface area contributed by atoms with Gasteiger partial charge in [0.2, 0.25) is 5.91 Å². The van der Waals surface area contributed by atoms with Gasteiger partial charge in [0, 0.05) is 13.1 Å². The van der Waals surface area contributed by atoms with Crippen LogP contribution in [0.25, 0.3) is 0 Å². The van der Waals surface area contributed by atoms with Gasteiger partial charge in [0.15, 0.2) is 0 Å². The van der Waals surface area contributed by atoms with Gasteiger partial charge in [-0.1, -0.05) is 49.8 Å². The van der Waals surface area contributed by atoms with Crippen molar-refractivity contribution in [2.24, 2.45) is 17.3 Å². The van der Waals surface area contributed by atoms with E-state index in [2.05, 4.69) is 68.3 Å². The second-order valence-corrected chi connectivity index (χ2v) is 8.59. The third kappa shape index (κ3) is 4.33. The largest absolute Gasteiger partial charge is 0.352 e. The van der Waals surface area contributed by atoms with Crippen LogP contribution in [0, 0.1) is 17.3 Å². The van der Waals surface area contributed by atoms with Gasteiger partial charge in [-0.25, -0.2) is 0 Å². The van der Waals surface area contributed by atoms with Crippen molar-refractivity contribution in [3.8, 4) is 0 Å². The third-order valence-corrected chi connectivity index (χ3v) is 5.80. The van der Waals surface area contributed by atoms with Crippen LogP contribution in [0.5, 0.6) is 0 Å². The van der Waals surface area contributed by atoms with Crippen molar-refractivity contribution >= 4 is 5.91 Å². The predicted molar refractivity (Wildman–Crippen MR) is 103 cm³/mol. The van der Waals surface area contributed by atoms with E-state index in [1.54, 1.807) is 0 Å². The minimum Gasteiger partial charge on any atom is -0.352 e. The zero-order valence-corrected chi connectivity index (χ0v) is 16.1. The number of likely N-dealkylation sites (tertiary alicyclic amines) is 1. The minimum atomic E-state index is 0.0843. The van der Waals surface area contributed by atoms with Crippen molar-refractivity contribution in [3.05, 3.63) is 47.0 Å². The van der Waals surface area contributed by atoms with E-state index in [0.717, 1.165) is 6.54 Å². The number of allylic oxidation sites excluding steroid dienone is 2. The monoisotopic (exact) mass is 340 g/mol. The van der Waals surface area contributed by atoms with Gasteiger partial charge in [-0.3, -0.25) is 9.69 Å². The molecule has 1 saturated heterocycles. The van der Waals surface area contributed by atoms with E-state index in [9.17, 15) is 4.79 Å². The zero-order chi connectivity index (χ0) is 18.0. The van der Waals surface area contributed by atoms with Crippen LogP contribution in [-0.4, -0.2) is 23.9 Å². The van der Waals surface area contributed by atoms with Gasteiger partial charge in [0.25, 0.3) is 0 Å². The highest BCUT2D eigenvalue weighted by Gasteiger charge is 2.60. The molecule has 1 aliphatic carbocycles. The van der Waals surface area contributed by atoms with Crippen molar-refractivity contribution in [1.82, 2.24) is 10.2 Å². The Kier molecular flexibility index (Phi) is 5.33. The lowest BCUT2D eigenvalue weighted by atomic mass is 10.1. The highest BCUT2D eigenvalue weighted by molar-refractivity contribution is 5.83. The average Bonchev–Trinajstić information content (AvgIpc) is 2.91. The Balaban J connectivity index is 1.50. The summed E-state index contributed by atoms with van der Waals surface area (Å²) in [6.07, 6.45) is 4.90. The molecule has 1 aliphatic heterocycles. The molecule has 2 fully saturated rings. The average molecular weight is 341 g/mol. The maximum atomic E-state index is 12.5. The molecule has 0 aromatic heterocycles. The molecule has 0 radical (unpaired) electrons. The summed E-state index contributed by atoms with van der Waals surface area (Å²) in [4.78, 5) is 15.0. The SMILES string of the molecule is CC(C)=CC1C(C(=O)NCc2ccc(CN3CCCC3)cc2)C1(C)C. The van der Waals surface area contributed by atoms with E-state index in [1.165, 1.54) is 42.6 Å². The Bertz CT molecular complexity index is 634. The van der Waals surface area contributed by atoms with Crippen LogP contribution < -0.4 is 5.32 Å². The summed E-state index contributed by atoms with van der Waals surface area (Å²) in [5.41, 5.74) is 3.92. The van der Waals surface area contributed by atoms with Crippen molar-refractivity contribution in [2.75, 3.05) is 13.1 Å². The summed E-state index contributed by atoms with van der Waals surface area (Å²) in [6, 6.07) is 8.70. The smallest absolute Gasteiger partial charge is 0.224 e. The van der Waals surface area contributed by atoms with Crippen molar-refractivity contribution in [3.63, 3.8) is 0 Å². The Morgan fingerprint density at radius 1 is 1.16 bits per heavy atom. The quantitative estimate of drug-likeness (QED) is 0.790. The molecule has 3 rings (SSSR count). The van der Waals surface area contributed by atoms with Gasteiger partial charge in [0.05, 0.1) is 5.92 Å². The number of hydrogen-bond acceptors (Lipinski definition) is 2. The van der Waals surface area contributed by atoms with Crippen molar-refractivity contribution in [2.45, 2.75) is 53.6 Å². The van der Waals surface area contributed by atoms with Crippen LogP contribution in [-0.2, 0) is 17.9 Å². The van der Waals surface area contributed by atoms with Gasteiger partial charge in [0.1, 0.15) is 0 Å². The first-order valence-corrected chi connectivity index (χ1v) is 9.61. The number of nitrogens with zero attached hydrogens (tertiary/aromatic N) is 1. The van der Waals surface area contributed by atoms with Crippen LogP contribution in [0.4, 0.5) is 0 Å². The Morgan fingerprint density at radius 2 is 1.76 bits per heavy atom. The maximum absolute atomic E-state index is 12.5. The van der Waals surface area contributed by atoms with Crippen LogP contribution >= 0.6 is 0 Å². The summed E-state index contributed by atoms with van der Waals surface area (Å²) < 4.78 is 0. The van der Waals surface area contributed by atoms with Crippen LogP contribution in [0.2, 0.25) is 0 Å². The second-order valence-electron chi connectivity index (χ2n) is 8.59. The highest BCUT2D eigenvalue weighted by Crippen LogP contribution is 2.59. The molecule has 2 atom stereocenters. The van der Waals surface area contributed by atoms with Gasteiger partial charge >= 0.3 is 0 Å². The van der Waals surface area contributed by atoms with Crippen LogP contribution in [0.15, 0.2) is 35.9 Å². The lowest BCUT2D eigenvalue weighted by Crippen LogP contribution is -2.26. The molecule has 25 heavy (non-hydrogen) atoms. The number of carbonyl (C=O) groups is 1. The summed E-state index contributed by atoms with van der Waals surface area (Å²) in [7, 11) is 0. The van der Waals surface area contributed by atoms with Gasteiger partial charge in [-0.05, 0) is 62.2 Å². The van der Waals surface area contributed by atoms with E-state index >= 15 is 0 Å². The number of carbonyl (C=O) groups excluding carboxylic acids is 1. The molecule has 0 bridgehead atoms. The molecular weight excluding hydrogens is 308 g/mol. The predicted octanol–water partition coefficient (Wildman–Crippen LogP) is 4.14. The summed E-state index contributed by atoms with van der Waals surface area (Å²) in [6.45, 7) is 12.7. The summed E-state index contributed by atoms with van der Waals surface area (Å²) in [5.74, 6) is 0.672. The van der Waals surface area contributed by atoms with Gasteiger partial charge < -0.3 is 5.32 Å². The highest BCUT2D eigenvalue weighted by atomic mass is 16.2. The fraction of sp³-hybridized carbons (Fsp3) is 0.591. The van der Waals surface area contributed by atoms with Crippen molar-refractivity contribution in [1.29, 1.82) is 0 Å². The molecule has 1 aromatic rings. The Labute approximate surface area is 152 Å². The molecule has 1 N–H and O–H groups in total. The van der Waals surface area contributed by atoms with Gasteiger partial charge in [-0.15, -0.1) is 0 Å². The Hall–Kier alpha value is -1.61. The molecule has 3 heteroatoms. The third-order valence-electron chi connectivity index (χ3n) is 5.80. The first-order chi connectivity index (χ1) is 11.9. The standard InChI is InChI=1S/C22H32N2O/c1-16(2)13-19-20(22(19,3)4)21(25)23-14-17-7-9-18(10-8-17)15-24-11-5-6-12-24/h7-10,13,19-20H,5-6,11-12,14-15H2,1-4H3,(H,23,25). The van der Waals surface area contributed by atoms with E-state index in [1.807, 2.05) is 0 Å².